The quantitative estimate of drug-likeness (QED) is 0.832. The summed E-state index contributed by atoms with van der Waals surface area (Å²) in [6.45, 7) is 2.89. The van der Waals surface area contributed by atoms with E-state index in [2.05, 4.69) is 10.4 Å². The molecule has 1 saturated heterocycles. The van der Waals surface area contributed by atoms with Crippen LogP contribution < -0.4 is 5.73 Å². The zero-order valence-corrected chi connectivity index (χ0v) is 9.22. The molecule has 0 aliphatic carbocycles. The topological polar surface area (TPSA) is 48.1 Å². The van der Waals surface area contributed by atoms with Crippen LogP contribution in [0.4, 0.5) is 0 Å². The minimum absolute atomic E-state index is 0.193. The molecule has 0 amide bonds. The molecular weight excluding hydrogens is 196 g/mol. The Morgan fingerprint density at radius 2 is 2.64 bits per heavy atom. The molecular formula is C10H16N2OS. The van der Waals surface area contributed by atoms with E-state index in [0.29, 0.717) is 0 Å². The molecule has 3 nitrogen and oxygen atoms in total. The minimum Gasteiger partial charge on any atom is -0.372 e. The third-order valence-corrected chi connectivity index (χ3v) is 3.22. The normalized spacial score (nSPS) is 24.0. The van der Waals surface area contributed by atoms with Crippen molar-refractivity contribution in [2.24, 2.45) is 5.73 Å². The lowest BCUT2D eigenvalue weighted by molar-refractivity contribution is 0.109. The summed E-state index contributed by atoms with van der Waals surface area (Å²) in [7, 11) is 0. The van der Waals surface area contributed by atoms with E-state index in [1.165, 1.54) is 0 Å². The molecule has 1 fully saturated rings. The van der Waals surface area contributed by atoms with Gasteiger partial charge in [-0.3, -0.25) is 0 Å². The Labute approximate surface area is 88.3 Å². The highest BCUT2D eigenvalue weighted by atomic mass is 32.1. The van der Waals surface area contributed by atoms with Gasteiger partial charge in [0.2, 0.25) is 0 Å². The van der Waals surface area contributed by atoms with Gasteiger partial charge in [-0.15, -0.1) is 11.3 Å². The van der Waals surface area contributed by atoms with Crippen molar-refractivity contribution in [1.29, 1.82) is 0 Å². The number of hydrogen-bond acceptors (Lipinski definition) is 4. The van der Waals surface area contributed by atoms with Crippen LogP contribution in [0.2, 0.25) is 0 Å². The molecule has 2 heterocycles. The SMILES string of the molecule is CC(N)Cc1nc(C2CCCO2)cs1. The summed E-state index contributed by atoms with van der Waals surface area (Å²) in [5, 5.41) is 3.23. The average Bonchev–Trinajstić information content (AvgIpc) is 2.69. The predicted molar refractivity (Wildman–Crippen MR) is 57.4 cm³/mol. The molecule has 2 atom stereocenters. The number of thiazole rings is 1. The summed E-state index contributed by atoms with van der Waals surface area (Å²) in [5.41, 5.74) is 6.82. The molecule has 78 valence electrons. The third-order valence-electron chi connectivity index (χ3n) is 2.33. The van der Waals surface area contributed by atoms with Crippen LogP contribution in [0.15, 0.2) is 5.38 Å². The van der Waals surface area contributed by atoms with Gasteiger partial charge in [0.05, 0.1) is 10.7 Å². The molecule has 2 rings (SSSR count). The summed E-state index contributed by atoms with van der Waals surface area (Å²) < 4.78 is 5.57. The fourth-order valence-corrected chi connectivity index (χ4v) is 2.63. The molecule has 0 spiro atoms. The molecule has 1 aromatic heterocycles. The molecule has 0 radical (unpaired) electrons. The molecule has 0 saturated carbocycles. The van der Waals surface area contributed by atoms with Crippen LogP contribution in [0.5, 0.6) is 0 Å². The summed E-state index contributed by atoms with van der Waals surface area (Å²) in [6, 6.07) is 0.193. The Hall–Kier alpha value is -0.450. The van der Waals surface area contributed by atoms with Crippen molar-refractivity contribution in [2.45, 2.75) is 38.3 Å². The zero-order chi connectivity index (χ0) is 9.97. The maximum atomic E-state index is 5.72. The molecule has 2 N–H and O–H groups in total. The average molecular weight is 212 g/mol. The van der Waals surface area contributed by atoms with Gasteiger partial charge in [0.1, 0.15) is 6.10 Å². The van der Waals surface area contributed by atoms with Crippen LogP contribution in [0, 0.1) is 0 Å². The molecule has 4 heteroatoms. The van der Waals surface area contributed by atoms with Crippen molar-refractivity contribution in [1.82, 2.24) is 4.98 Å². The fourth-order valence-electron chi connectivity index (χ4n) is 1.65. The van der Waals surface area contributed by atoms with Crippen LogP contribution in [-0.2, 0) is 11.2 Å². The number of nitrogens with two attached hydrogens (primary N) is 1. The number of hydrogen-bond donors (Lipinski definition) is 1. The van der Waals surface area contributed by atoms with Gasteiger partial charge in [0.25, 0.3) is 0 Å². The van der Waals surface area contributed by atoms with Gasteiger partial charge in [-0.2, -0.15) is 0 Å². The summed E-state index contributed by atoms with van der Waals surface area (Å²) in [5.74, 6) is 0. The van der Waals surface area contributed by atoms with Gasteiger partial charge < -0.3 is 10.5 Å². The Morgan fingerprint density at radius 3 is 3.29 bits per heavy atom. The van der Waals surface area contributed by atoms with E-state index >= 15 is 0 Å². The number of nitrogens with zero attached hydrogens (tertiary/aromatic N) is 1. The molecule has 14 heavy (non-hydrogen) atoms. The highest BCUT2D eigenvalue weighted by molar-refractivity contribution is 7.09. The highest BCUT2D eigenvalue weighted by Gasteiger charge is 2.20. The van der Waals surface area contributed by atoms with Gasteiger partial charge >= 0.3 is 0 Å². The first-order chi connectivity index (χ1) is 6.75. The molecule has 2 unspecified atom stereocenters. The second-order valence-electron chi connectivity index (χ2n) is 3.85. The lowest BCUT2D eigenvalue weighted by Gasteiger charge is -2.04. The zero-order valence-electron chi connectivity index (χ0n) is 8.40. The van der Waals surface area contributed by atoms with Crippen LogP contribution in [0.1, 0.15) is 36.6 Å². The standard InChI is InChI=1S/C10H16N2OS/c1-7(11)5-10-12-8(6-14-10)9-3-2-4-13-9/h6-7,9H,2-5,11H2,1H3. The van der Waals surface area contributed by atoms with Crippen LogP contribution >= 0.6 is 11.3 Å². The van der Waals surface area contributed by atoms with Crippen LogP contribution in [-0.4, -0.2) is 17.6 Å². The van der Waals surface area contributed by atoms with E-state index in [1.807, 2.05) is 6.92 Å². The second kappa shape index (κ2) is 4.38. The Kier molecular flexibility index (Phi) is 3.15. The van der Waals surface area contributed by atoms with E-state index in [9.17, 15) is 0 Å². The lowest BCUT2D eigenvalue weighted by Crippen LogP contribution is -2.17. The second-order valence-corrected chi connectivity index (χ2v) is 4.79. The van der Waals surface area contributed by atoms with Gasteiger partial charge in [-0.05, 0) is 19.8 Å². The molecule has 1 aliphatic rings. The van der Waals surface area contributed by atoms with Crippen molar-refractivity contribution in [2.75, 3.05) is 6.61 Å². The van der Waals surface area contributed by atoms with E-state index < -0.39 is 0 Å². The first kappa shape index (κ1) is 10.1. The fraction of sp³-hybridized carbons (Fsp3) is 0.700. The molecule has 0 aromatic carbocycles. The monoisotopic (exact) mass is 212 g/mol. The Balaban J connectivity index is 2.01. The largest absolute Gasteiger partial charge is 0.372 e. The van der Waals surface area contributed by atoms with Crippen molar-refractivity contribution < 1.29 is 4.74 Å². The molecule has 1 aromatic rings. The number of rotatable bonds is 3. The number of aromatic nitrogens is 1. The van der Waals surface area contributed by atoms with Crippen molar-refractivity contribution in [3.8, 4) is 0 Å². The predicted octanol–water partition coefficient (Wildman–Crippen LogP) is 1.88. The van der Waals surface area contributed by atoms with Gasteiger partial charge in [-0.25, -0.2) is 4.98 Å². The van der Waals surface area contributed by atoms with Crippen LogP contribution in [0.3, 0.4) is 0 Å². The number of ether oxygens (including phenoxy) is 1. The Bertz CT molecular complexity index is 292. The van der Waals surface area contributed by atoms with Gasteiger partial charge in [0, 0.05) is 24.4 Å². The minimum atomic E-state index is 0.193. The maximum absolute atomic E-state index is 5.72. The Morgan fingerprint density at radius 1 is 1.79 bits per heavy atom. The highest BCUT2D eigenvalue weighted by Crippen LogP contribution is 2.29. The smallest absolute Gasteiger partial charge is 0.100 e. The molecule has 1 aliphatic heterocycles. The van der Waals surface area contributed by atoms with E-state index in [4.69, 9.17) is 10.5 Å². The third kappa shape index (κ3) is 2.32. The summed E-state index contributed by atoms with van der Waals surface area (Å²) in [4.78, 5) is 4.55. The van der Waals surface area contributed by atoms with Crippen LogP contribution in [0.25, 0.3) is 0 Å². The first-order valence-corrected chi connectivity index (χ1v) is 5.95. The summed E-state index contributed by atoms with van der Waals surface area (Å²) >= 11 is 1.69. The van der Waals surface area contributed by atoms with E-state index in [-0.39, 0.29) is 12.1 Å². The van der Waals surface area contributed by atoms with Gasteiger partial charge in [-0.1, -0.05) is 0 Å². The molecule has 0 bridgehead atoms. The van der Waals surface area contributed by atoms with Crippen molar-refractivity contribution in [3.63, 3.8) is 0 Å². The first-order valence-electron chi connectivity index (χ1n) is 5.07. The lowest BCUT2D eigenvalue weighted by atomic mass is 10.2. The summed E-state index contributed by atoms with van der Waals surface area (Å²) in [6.07, 6.45) is 3.39. The van der Waals surface area contributed by atoms with Crippen molar-refractivity contribution in [3.05, 3.63) is 16.1 Å². The maximum Gasteiger partial charge on any atom is 0.100 e. The van der Waals surface area contributed by atoms with E-state index in [0.717, 1.165) is 36.6 Å². The van der Waals surface area contributed by atoms with Gasteiger partial charge in [0.15, 0.2) is 0 Å². The van der Waals surface area contributed by atoms with Crippen molar-refractivity contribution >= 4 is 11.3 Å². The van der Waals surface area contributed by atoms with E-state index in [1.54, 1.807) is 11.3 Å².